The van der Waals surface area contributed by atoms with Crippen molar-refractivity contribution in [3.8, 4) is 0 Å². The molecule has 0 rings (SSSR count). The summed E-state index contributed by atoms with van der Waals surface area (Å²) in [7, 11) is 0. The van der Waals surface area contributed by atoms with Gasteiger partial charge in [-0.2, -0.15) is 0 Å². The van der Waals surface area contributed by atoms with Gasteiger partial charge in [-0.05, 0) is 18.3 Å². The molecule has 0 aliphatic heterocycles. The van der Waals surface area contributed by atoms with Gasteiger partial charge in [-0.1, -0.05) is 39.0 Å². The molecule has 0 amide bonds. The van der Waals surface area contributed by atoms with Crippen molar-refractivity contribution < 1.29 is 9.53 Å². The second-order valence-electron chi connectivity index (χ2n) is 3.82. The summed E-state index contributed by atoms with van der Waals surface area (Å²) in [5.41, 5.74) is 0. The average molecular weight is 210 g/mol. The molecule has 0 aliphatic rings. The maximum atomic E-state index is 10.9. The molecule has 0 aliphatic carbocycles. The standard InChI is InChI=1S/C13H22O2/c1-5-11(3)7-8-12(4)9-10-15-13(14)6-2/h5,7-8,11-12H,1,6,9-10H2,2-4H3/b8-7+. The Morgan fingerprint density at radius 1 is 1.40 bits per heavy atom. The van der Waals surface area contributed by atoms with Crippen LogP contribution in [0.2, 0.25) is 0 Å². The highest BCUT2D eigenvalue weighted by Gasteiger charge is 2.01. The van der Waals surface area contributed by atoms with Crippen molar-refractivity contribution in [2.75, 3.05) is 6.61 Å². The van der Waals surface area contributed by atoms with E-state index in [2.05, 4.69) is 32.6 Å². The number of hydrogen-bond acceptors (Lipinski definition) is 2. The third-order valence-corrected chi connectivity index (χ3v) is 2.24. The molecule has 2 heteroatoms. The fourth-order valence-corrected chi connectivity index (χ4v) is 1.00. The number of rotatable bonds is 7. The Hall–Kier alpha value is -1.05. The first-order chi connectivity index (χ1) is 7.10. The van der Waals surface area contributed by atoms with Crippen LogP contribution in [0.5, 0.6) is 0 Å². The molecule has 0 bridgehead atoms. The van der Waals surface area contributed by atoms with Crippen molar-refractivity contribution in [3.05, 3.63) is 24.8 Å². The van der Waals surface area contributed by atoms with E-state index < -0.39 is 0 Å². The molecule has 0 aromatic carbocycles. The van der Waals surface area contributed by atoms with Crippen LogP contribution in [-0.4, -0.2) is 12.6 Å². The van der Waals surface area contributed by atoms with Crippen molar-refractivity contribution in [1.82, 2.24) is 0 Å². The molecule has 2 unspecified atom stereocenters. The molecule has 0 spiro atoms. The predicted octanol–water partition coefficient (Wildman–Crippen LogP) is 3.34. The highest BCUT2D eigenvalue weighted by Crippen LogP contribution is 2.07. The molecule has 0 radical (unpaired) electrons. The van der Waals surface area contributed by atoms with E-state index in [-0.39, 0.29) is 5.97 Å². The first-order valence-electron chi connectivity index (χ1n) is 5.56. The molecule has 2 atom stereocenters. The highest BCUT2D eigenvalue weighted by molar-refractivity contribution is 5.68. The van der Waals surface area contributed by atoms with Gasteiger partial charge < -0.3 is 4.74 Å². The SMILES string of the molecule is C=CC(C)/C=C/C(C)CCOC(=O)CC. The van der Waals surface area contributed by atoms with Gasteiger partial charge in [0.05, 0.1) is 6.61 Å². The van der Waals surface area contributed by atoms with E-state index in [0.29, 0.717) is 24.9 Å². The van der Waals surface area contributed by atoms with Crippen LogP contribution in [0.4, 0.5) is 0 Å². The summed E-state index contributed by atoms with van der Waals surface area (Å²) >= 11 is 0. The average Bonchev–Trinajstić information content (AvgIpc) is 2.25. The van der Waals surface area contributed by atoms with Crippen LogP contribution < -0.4 is 0 Å². The molecule has 0 saturated heterocycles. The van der Waals surface area contributed by atoms with Crippen molar-refractivity contribution in [3.63, 3.8) is 0 Å². The molecule has 0 fully saturated rings. The summed E-state index contributed by atoms with van der Waals surface area (Å²) in [5.74, 6) is 0.730. The van der Waals surface area contributed by atoms with E-state index in [1.807, 2.05) is 6.08 Å². The first-order valence-corrected chi connectivity index (χ1v) is 5.56. The fourth-order valence-electron chi connectivity index (χ4n) is 1.00. The number of ether oxygens (including phenoxy) is 1. The summed E-state index contributed by atoms with van der Waals surface area (Å²) in [6, 6.07) is 0. The second-order valence-corrected chi connectivity index (χ2v) is 3.82. The van der Waals surface area contributed by atoms with Crippen LogP contribution in [0.3, 0.4) is 0 Å². The highest BCUT2D eigenvalue weighted by atomic mass is 16.5. The monoisotopic (exact) mass is 210 g/mol. The molecule has 0 saturated carbocycles. The number of allylic oxidation sites excluding steroid dienone is 3. The van der Waals surface area contributed by atoms with Gasteiger partial charge in [0, 0.05) is 6.42 Å². The molecule has 2 nitrogen and oxygen atoms in total. The van der Waals surface area contributed by atoms with E-state index in [1.165, 1.54) is 0 Å². The van der Waals surface area contributed by atoms with Crippen molar-refractivity contribution in [2.24, 2.45) is 11.8 Å². The third kappa shape index (κ3) is 7.98. The molecule has 0 aromatic rings. The van der Waals surface area contributed by atoms with Crippen LogP contribution >= 0.6 is 0 Å². The Kier molecular flexibility index (Phi) is 7.69. The molecule has 86 valence electrons. The van der Waals surface area contributed by atoms with Crippen molar-refractivity contribution in [1.29, 1.82) is 0 Å². The lowest BCUT2D eigenvalue weighted by Gasteiger charge is -2.07. The Bertz CT molecular complexity index is 219. The van der Waals surface area contributed by atoms with Crippen LogP contribution in [0, 0.1) is 11.8 Å². The van der Waals surface area contributed by atoms with Crippen molar-refractivity contribution in [2.45, 2.75) is 33.6 Å². The normalized spacial score (nSPS) is 14.9. The summed E-state index contributed by atoms with van der Waals surface area (Å²) in [5, 5.41) is 0. The lowest BCUT2D eigenvalue weighted by atomic mass is 10.0. The van der Waals surface area contributed by atoms with E-state index in [9.17, 15) is 4.79 Å². The molecule has 0 N–H and O–H groups in total. The Labute approximate surface area is 93.0 Å². The van der Waals surface area contributed by atoms with E-state index >= 15 is 0 Å². The third-order valence-electron chi connectivity index (χ3n) is 2.24. The molecular formula is C13H22O2. The number of carbonyl (C=O) groups excluding carboxylic acids is 1. The van der Waals surface area contributed by atoms with E-state index in [0.717, 1.165) is 6.42 Å². The van der Waals surface area contributed by atoms with Crippen LogP contribution in [0.1, 0.15) is 33.6 Å². The summed E-state index contributed by atoms with van der Waals surface area (Å²) in [6.07, 6.45) is 7.51. The lowest BCUT2D eigenvalue weighted by molar-refractivity contribution is -0.143. The van der Waals surface area contributed by atoms with Gasteiger partial charge in [-0.3, -0.25) is 4.79 Å². The first kappa shape index (κ1) is 13.9. The summed E-state index contributed by atoms with van der Waals surface area (Å²) in [6.45, 7) is 10.2. The smallest absolute Gasteiger partial charge is 0.305 e. The zero-order valence-electron chi connectivity index (χ0n) is 10.0. The minimum atomic E-state index is -0.120. The van der Waals surface area contributed by atoms with Gasteiger partial charge in [0.2, 0.25) is 0 Å². The molecule has 0 aromatic heterocycles. The second kappa shape index (κ2) is 8.27. The number of esters is 1. The summed E-state index contributed by atoms with van der Waals surface area (Å²) < 4.78 is 5.00. The Morgan fingerprint density at radius 3 is 2.60 bits per heavy atom. The number of carbonyl (C=O) groups is 1. The zero-order valence-corrected chi connectivity index (χ0v) is 10.0. The minimum Gasteiger partial charge on any atom is -0.466 e. The van der Waals surface area contributed by atoms with Gasteiger partial charge in [-0.15, -0.1) is 6.58 Å². The van der Waals surface area contributed by atoms with Gasteiger partial charge in [0.1, 0.15) is 0 Å². The molecule has 0 heterocycles. The van der Waals surface area contributed by atoms with Crippen LogP contribution in [0.15, 0.2) is 24.8 Å². The lowest BCUT2D eigenvalue weighted by Crippen LogP contribution is -2.06. The van der Waals surface area contributed by atoms with E-state index in [4.69, 9.17) is 4.74 Å². The predicted molar refractivity (Wildman–Crippen MR) is 63.5 cm³/mol. The Morgan fingerprint density at radius 2 is 2.07 bits per heavy atom. The topological polar surface area (TPSA) is 26.3 Å². The Balaban J connectivity index is 3.65. The maximum Gasteiger partial charge on any atom is 0.305 e. The van der Waals surface area contributed by atoms with E-state index in [1.54, 1.807) is 6.92 Å². The largest absolute Gasteiger partial charge is 0.466 e. The van der Waals surface area contributed by atoms with Crippen LogP contribution in [-0.2, 0) is 9.53 Å². The fraction of sp³-hybridized carbons (Fsp3) is 0.615. The molecular weight excluding hydrogens is 188 g/mol. The van der Waals surface area contributed by atoms with Gasteiger partial charge in [-0.25, -0.2) is 0 Å². The van der Waals surface area contributed by atoms with Crippen molar-refractivity contribution >= 4 is 5.97 Å². The quantitative estimate of drug-likeness (QED) is 0.476. The maximum absolute atomic E-state index is 10.9. The zero-order chi connectivity index (χ0) is 11.7. The molecule has 15 heavy (non-hydrogen) atoms. The van der Waals surface area contributed by atoms with Gasteiger partial charge >= 0.3 is 5.97 Å². The minimum absolute atomic E-state index is 0.120. The van der Waals surface area contributed by atoms with Crippen LogP contribution in [0.25, 0.3) is 0 Å². The number of hydrogen-bond donors (Lipinski definition) is 0. The van der Waals surface area contributed by atoms with Gasteiger partial charge in [0.15, 0.2) is 0 Å². The van der Waals surface area contributed by atoms with Gasteiger partial charge in [0.25, 0.3) is 0 Å². The summed E-state index contributed by atoms with van der Waals surface area (Å²) in [4.78, 5) is 10.9.